The molecule has 3 nitrogen and oxygen atoms in total. The number of rotatable bonds is 5. The SMILES string of the molecule is Cc1cc(F)ccc1N(CC#N)C(=O)CCc1cccs1. The number of benzene rings is 1. The number of carbonyl (C=O) groups excluding carboxylic acids is 1. The van der Waals surface area contributed by atoms with Gasteiger partial charge in [-0.25, -0.2) is 4.39 Å². The Balaban J connectivity index is 2.14. The van der Waals surface area contributed by atoms with Gasteiger partial charge in [-0.05, 0) is 48.6 Å². The van der Waals surface area contributed by atoms with Gasteiger partial charge in [-0.2, -0.15) is 5.26 Å². The number of carbonyl (C=O) groups is 1. The van der Waals surface area contributed by atoms with Gasteiger partial charge >= 0.3 is 0 Å². The van der Waals surface area contributed by atoms with E-state index in [0.29, 0.717) is 24.1 Å². The highest BCUT2D eigenvalue weighted by molar-refractivity contribution is 7.09. The third kappa shape index (κ3) is 3.89. The minimum atomic E-state index is -0.348. The number of nitriles is 1. The molecule has 2 aromatic rings. The normalized spacial score (nSPS) is 10.1. The fourth-order valence-electron chi connectivity index (χ4n) is 2.12. The molecule has 5 heteroatoms. The van der Waals surface area contributed by atoms with Crippen molar-refractivity contribution in [3.05, 3.63) is 52.0 Å². The maximum atomic E-state index is 13.2. The molecule has 0 radical (unpaired) electrons. The van der Waals surface area contributed by atoms with E-state index in [1.165, 1.54) is 17.0 Å². The van der Waals surface area contributed by atoms with Crippen molar-refractivity contribution in [1.82, 2.24) is 0 Å². The van der Waals surface area contributed by atoms with Gasteiger partial charge < -0.3 is 0 Å². The fourth-order valence-corrected chi connectivity index (χ4v) is 2.83. The van der Waals surface area contributed by atoms with E-state index in [4.69, 9.17) is 5.26 Å². The number of aryl methyl sites for hydroxylation is 2. The molecule has 2 rings (SSSR count). The fraction of sp³-hybridized carbons (Fsp3) is 0.250. The smallest absolute Gasteiger partial charge is 0.228 e. The maximum absolute atomic E-state index is 13.2. The molecule has 0 aliphatic rings. The van der Waals surface area contributed by atoms with E-state index in [0.717, 1.165) is 4.88 Å². The van der Waals surface area contributed by atoms with Crippen molar-refractivity contribution in [2.24, 2.45) is 0 Å². The number of anilines is 1. The van der Waals surface area contributed by atoms with Crippen LogP contribution in [0.3, 0.4) is 0 Å². The highest BCUT2D eigenvalue weighted by atomic mass is 32.1. The summed E-state index contributed by atoms with van der Waals surface area (Å²) >= 11 is 1.61. The van der Waals surface area contributed by atoms with Crippen LogP contribution in [-0.2, 0) is 11.2 Å². The van der Waals surface area contributed by atoms with Crippen LogP contribution in [0.1, 0.15) is 16.9 Å². The molecule has 0 spiro atoms. The molecule has 1 aromatic carbocycles. The number of halogens is 1. The number of amides is 1. The predicted molar refractivity (Wildman–Crippen MR) is 81.7 cm³/mol. The van der Waals surface area contributed by atoms with Crippen LogP contribution in [0, 0.1) is 24.1 Å². The molecule has 1 aromatic heterocycles. The van der Waals surface area contributed by atoms with Gasteiger partial charge in [0.1, 0.15) is 12.4 Å². The van der Waals surface area contributed by atoms with Crippen molar-refractivity contribution in [3.63, 3.8) is 0 Å². The monoisotopic (exact) mass is 302 g/mol. The highest BCUT2D eigenvalue weighted by Gasteiger charge is 2.17. The van der Waals surface area contributed by atoms with Crippen LogP contribution in [-0.4, -0.2) is 12.5 Å². The average molecular weight is 302 g/mol. The van der Waals surface area contributed by atoms with Crippen molar-refractivity contribution in [1.29, 1.82) is 5.26 Å². The molecule has 1 amide bonds. The van der Waals surface area contributed by atoms with Crippen LogP contribution in [0.5, 0.6) is 0 Å². The van der Waals surface area contributed by atoms with Crippen LogP contribution in [0.15, 0.2) is 35.7 Å². The van der Waals surface area contributed by atoms with Crippen LogP contribution in [0.25, 0.3) is 0 Å². The molecule has 1 heterocycles. The third-order valence-corrected chi connectivity index (χ3v) is 4.08. The lowest BCUT2D eigenvalue weighted by atomic mass is 10.1. The predicted octanol–water partition coefficient (Wildman–Crippen LogP) is 3.69. The Morgan fingerprint density at radius 2 is 2.24 bits per heavy atom. The molecule has 0 unspecified atom stereocenters. The molecule has 0 fully saturated rings. The van der Waals surface area contributed by atoms with Crippen molar-refractivity contribution in [3.8, 4) is 6.07 Å². The number of hydrogen-bond acceptors (Lipinski definition) is 3. The summed E-state index contributed by atoms with van der Waals surface area (Å²) in [5.74, 6) is -0.473. The lowest BCUT2D eigenvalue weighted by molar-refractivity contribution is -0.118. The molecular formula is C16H15FN2OS. The quantitative estimate of drug-likeness (QED) is 0.791. The van der Waals surface area contributed by atoms with Gasteiger partial charge in [-0.1, -0.05) is 6.07 Å². The summed E-state index contributed by atoms with van der Waals surface area (Å²) in [5.41, 5.74) is 1.24. The largest absolute Gasteiger partial charge is 0.298 e. The Morgan fingerprint density at radius 1 is 1.43 bits per heavy atom. The van der Waals surface area contributed by atoms with Crippen LogP contribution in [0.2, 0.25) is 0 Å². The summed E-state index contributed by atoms with van der Waals surface area (Å²) in [6, 6.07) is 10.1. The third-order valence-electron chi connectivity index (χ3n) is 3.14. The molecule has 0 aliphatic heterocycles. The van der Waals surface area contributed by atoms with E-state index in [9.17, 15) is 9.18 Å². The first-order valence-corrected chi connectivity index (χ1v) is 7.45. The Bertz CT molecular complexity index is 661. The van der Waals surface area contributed by atoms with E-state index >= 15 is 0 Å². The first-order valence-electron chi connectivity index (χ1n) is 6.57. The van der Waals surface area contributed by atoms with Gasteiger partial charge in [0.2, 0.25) is 5.91 Å². The molecule has 0 atom stereocenters. The lowest BCUT2D eigenvalue weighted by Gasteiger charge is -2.21. The standard InChI is InChI=1S/C16H15FN2OS/c1-12-11-13(17)4-6-15(12)19(9-8-18)16(20)7-5-14-3-2-10-21-14/h2-4,6,10-11H,5,7,9H2,1H3. The van der Waals surface area contributed by atoms with Gasteiger partial charge in [0, 0.05) is 17.0 Å². The Hall–Kier alpha value is -2.19. The number of hydrogen-bond donors (Lipinski definition) is 0. The summed E-state index contributed by atoms with van der Waals surface area (Å²) < 4.78 is 13.2. The summed E-state index contributed by atoms with van der Waals surface area (Å²) in [7, 11) is 0. The van der Waals surface area contributed by atoms with Gasteiger partial charge in [0.15, 0.2) is 0 Å². The molecule has 21 heavy (non-hydrogen) atoms. The van der Waals surface area contributed by atoms with Gasteiger partial charge in [0.25, 0.3) is 0 Å². The van der Waals surface area contributed by atoms with Gasteiger partial charge in [-0.3, -0.25) is 9.69 Å². The topological polar surface area (TPSA) is 44.1 Å². The zero-order valence-corrected chi connectivity index (χ0v) is 12.5. The molecule has 108 valence electrons. The van der Waals surface area contributed by atoms with E-state index in [2.05, 4.69) is 0 Å². The lowest BCUT2D eigenvalue weighted by Crippen LogP contribution is -2.32. The zero-order chi connectivity index (χ0) is 15.2. The maximum Gasteiger partial charge on any atom is 0.228 e. The second-order valence-electron chi connectivity index (χ2n) is 4.65. The molecule has 0 saturated carbocycles. The Labute approximate surface area is 127 Å². The molecule has 0 N–H and O–H groups in total. The van der Waals surface area contributed by atoms with E-state index in [1.54, 1.807) is 24.3 Å². The molecule has 0 saturated heterocycles. The van der Waals surface area contributed by atoms with Crippen LogP contribution >= 0.6 is 11.3 Å². The van der Waals surface area contributed by atoms with Crippen molar-refractivity contribution >= 4 is 22.9 Å². The van der Waals surface area contributed by atoms with Crippen molar-refractivity contribution in [2.45, 2.75) is 19.8 Å². The van der Waals surface area contributed by atoms with Crippen molar-refractivity contribution < 1.29 is 9.18 Å². The van der Waals surface area contributed by atoms with Crippen molar-refractivity contribution in [2.75, 3.05) is 11.4 Å². The molecule has 0 bridgehead atoms. The number of thiophene rings is 1. The first kappa shape index (κ1) is 15.2. The van der Waals surface area contributed by atoms with Crippen LogP contribution < -0.4 is 4.90 Å². The number of nitrogens with zero attached hydrogens (tertiary/aromatic N) is 2. The second kappa shape index (κ2) is 7.00. The van der Waals surface area contributed by atoms with Gasteiger partial charge in [-0.15, -0.1) is 11.3 Å². The first-order chi connectivity index (χ1) is 10.1. The minimum Gasteiger partial charge on any atom is -0.298 e. The minimum absolute atomic E-state index is 0.0320. The summed E-state index contributed by atoms with van der Waals surface area (Å²) in [6.45, 7) is 1.70. The average Bonchev–Trinajstić information content (AvgIpc) is 2.96. The van der Waals surface area contributed by atoms with E-state index < -0.39 is 0 Å². The second-order valence-corrected chi connectivity index (χ2v) is 5.68. The Kier molecular flexibility index (Phi) is 5.07. The van der Waals surface area contributed by atoms with E-state index in [1.807, 2.05) is 23.6 Å². The summed E-state index contributed by atoms with van der Waals surface area (Å²) in [6.07, 6.45) is 0.984. The Morgan fingerprint density at radius 3 is 2.86 bits per heavy atom. The molecule has 0 aliphatic carbocycles. The summed E-state index contributed by atoms with van der Waals surface area (Å²) in [5, 5.41) is 10.9. The van der Waals surface area contributed by atoms with Crippen LogP contribution in [0.4, 0.5) is 10.1 Å². The summed E-state index contributed by atoms with van der Waals surface area (Å²) in [4.78, 5) is 14.9. The zero-order valence-electron chi connectivity index (χ0n) is 11.7. The highest BCUT2D eigenvalue weighted by Crippen LogP contribution is 2.22. The van der Waals surface area contributed by atoms with E-state index in [-0.39, 0.29) is 18.3 Å². The van der Waals surface area contributed by atoms with Gasteiger partial charge in [0.05, 0.1) is 6.07 Å². The molecular weight excluding hydrogens is 287 g/mol.